The van der Waals surface area contributed by atoms with Crippen LogP contribution in [0.3, 0.4) is 0 Å². The second-order valence-corrected chi connectivity index (χ2v) is 8.62. The highest BCUT2D eigenvalue weighted by Crippen LogP contribution is 2.50. The third-order valence-corrected chi connectivity index (χ3v) is 4.76. The molecule has 0 saturated carbocycles. The quantitative estimate of drug-likeness (QED) is 0.622. The highest BCUT2D eigenvalue weighted by atomic mass is 19.4. The van der Waals surface area contributed by atoms with Gasteiger partial charge in [0, 0.05) is 22.6 Å². The Morgan fingerprint density at radius 1 is 1.11 bits per heavy atom. The van der Waals surface area contributed by atoms with E-state index in [2.05, 4.69) is 44.3 Å². The molecule has 0 bridgehead atoms. The molecule has 0 amide bonds. The van der Waals surface area contributed by atoms with Gasteiger partial charge in [-0.2, -0.15) is 13.2 Å². The number of hydrogen-bond donors (Lipinski definition) is 0. The van der Waals surface area contributed by atoms with Crippen molar-refractivity contribution in [1.29, 1.82) is 0 Å². The molecule has 152 valence electrons. The summed E-state index contributed by atoms with van der Waals surface area (Å²) in [6.07, 6.45) is -4.59. The first-order valence-electron chi connectivity index (χ1n) is 8.95. The summed E-state index contributed by atoms with van der Waals surface area (Å²) in [5.41, 5.74) is 2.27. The van der Waals surface area contributed by atoms with Crippen molar-refractivity contribution in [2.24, 2.45) is 10.8 Å². The van der Waals surface area contributed by atoms with Crippen molar-refractivity contribution in [3.05, 3.63) is 41.2 Å². The average Bonchev–Trinajstić information content (AvgIpc) is 3.17. The third kappa shape index (κ3) is 3.62. The van der Waals surface area contributed by atoms with Gasteiger partial charge < -0.3 is 14.0 Å². The first-order valence-corrected chi connectivity index (χ1v) is 8.95. The summed E-state index contributed by atoms with van der Waals surface area (Å²) in [5, 5.41) is 3.55. The molecule has 1 aromatic heterocycles. The molecule has 28 heavy (non-hydrogen) atoms. The van der Waals surface area contributed by atoms with E-state index in [4.69, 9.17) is 9.47 Å². The second kappa shape index (κ2) is 6.57. The van der Waals surface area contributed by atoms with E-state index in [1.54, 1.807) is 12.1 Å². The van der Waals surface area contributed by atoms with Crippen molar-refractivity contribution in [3.8, 4) is 17.0 Å². The molecule has 0 radical (unpaired) electrons. The van der Waals surface area contributed by atoms with E-state index in [0.717, 1.165) is 17.4 Å². The molecule has 7 heteroatoms. The highest BCUT2D eigenvalue weighted by Gasteiger charge is 2.41. The Labute approximate surface area is 162 Å². The maximum absolute atomic E-state index is 12.8. The summed E-state index contributed by atoms with van der Waals surface area (Å²) in [6, 6.07) is 6.11. The maximum atomic E-state index is 12.8. The summed E-state index contributed by atoms with van der Waals surface area (Å²) < 4.78 is 54.3. The molecule has 1 aromatic carbocycles. The fourth-order valence-corrected chi connectivity index (χ4v) is 3.87. The van der Waals surface area contributed by atoms with E-state index in [-0.39, 0.29) is 16.5 Å². The van der Waals surface area contributed by atoms with Crippen molar-refractivity contribution < 1.29 is 27.2 Å². The normalized spacial score (nSPS) is 17.0. The van der Waals surface area contributed by atoms with Crippen LogP contribution in [-0.4, -0.2) is 18.9 Å². The number of nitrogens with zero attached hydrogens (tertiary/aromatic N) is 1. The van der Waals surface area contributed by atoms with E-state index < -0.39 is 11.9 Å². The zero-order chi connectivity index (χ0) is 20.9. The van der Waals surface area contributed by atoms with Crippen LogP contribution >= 0.6 is 0 Å². The Morgan fingerprint density at radius 3 is 2.32 bits per heavy atom. The van der Waals surface area contributed by atoms with E-state index in [1.807, 2.05) is 6.07 Å². The van der Waals surface area contributed by atoms with Gasteiger partial charge in [-0.3, -0.25) is 0 Å². The minimum Gasteiger partial charge on any atom is -0.496 e. The molecular weight excluding hydrogens is 371 g/mol. The van der Waals surface area contributed by atoms with E-state index in [9.17, 15) is 13.2 Å². The van der Waals surface area contributed by atoms with Crippen molar-refractivity contribution in [3.63, 3.8) is 0 Å². The lowest BCUT2D eigenvalue weighted by molar-refractivity contribution is -0.155. The van der Waals surface area contributed by atoms with Gasteiger partial charge in [-0.25, -0.2) is 0 Å². The lowest BCUT2D eigenvalue weighted by Gasteiger charge is -2.30. The van der Waals surface area contributed by atoms with Crippen LogP contribution in [0.1, 0.15) is 45.9 Å². The lowest BCUT2D eigenvalue weighted by atomic mass is 9.71. The number of alkyl halides is 3. The third-order valence-electron chi connectivity index (χ3n) is 4.76. The van der Waals surface area contributed by atoms with Gasteiger partial charge in [0.2, 0.25) is 5.76 Å². The van der Waals surface area contributed by atoms with Gasteiger partial charge in [-0.15, -0.1) is 0 Å². The molecule has 1 aliphatic heterocycles. The van der Waals surface area contributed by atoms with Crippen LogP contribution in [-0.2, 0) is 10.9 Å². The van der Waals surface area contributed by atoms with Crippen molar-refractivity contribution in [1.82, 2.24) is 5.16 Å². The Bertz CT molecular complexity index is 918. The van der Waals surface area contributed by atoms with Crippen LogP contribution in [0.15, 0.2) is 34.4 Å². The number of benzene rings is 1. The molecule has 0 fully saturated rings. The molecule has 2 heterocycles. The minimum absolute atomic E-state index is 0.0634. The molecule has 1 aliphatic rings. The first-order chi connectivity index (χ1) is 12.8. The standard InChI is InChI=1S/C21H24F3NO3/c1-19(2,3)18-17(27-11-20(18,4)5)12-7-8-13(15(9-12)26-6)14-10-16(28-25-14)21(22,23)24/h7-10H,11H2,1-6H3. The van der Waals surface area contributed by atoms with Gasteiger partial charge in [0.25, 0.3) is 0 Å². The number of methoxy groups -OCH3 is 1. The van der Waals surface area contributed by atoms with Gasteiger partial charge in [-0.05, 0) is 23.1 Å². The summed E-state index contributed by atoms with van der Waals surface area (Å²) in [7, 11) is 1.46. The smallest absolute Gasteiger partial charge is 0.452 e. The predicted octanol–water partition coefficient (Wildman–Crippen LogP) is 6.18. The second-order valence-electron chi connectivity index (χ2n) is 8.62. The summed E-state index contributed by atoms with van der Waals surface area (Å²) in [6.45, 7) is 11.3. The number of rotatable bonds is 3. The van der Waals surface area contributed by atoms with Crippen molar-refractivity contribution >= 4 is 5.76 Å². The van der Waals surface area contributed by atoms with Crippen LogP contribution in [0.25, 0.3) is 17.0 Å². The van der Waals surface area contributed by atoms with Crippen LogP contribution in [0.4, 0.5) is 13.2 Å². The minimum atomic E-state index is -4.59. The Kier molecular flexibility index (Phi) is 4.76. The summed E-state index contributed by atoms with van der Waals surface area (Å²) in [4.78, 5) is 0. The fraction of sp³-hybridized carbons (Fsp3) is 0.476. The fourth-order valence-electron chi connectivity index (χ4n) is 3.87. The topological polar surface area (TPSA) is 44.5 Å². The van der Waals surface area contributed by atoms with Gasteiger partial charge >= 0.3 is 6.18 Å². The molecule has 0 N–H and O–H groups in total. The molecule has 0 aliphatic carbocycles. The number of aromatic nitrogens is 1. The molecule has 0 spiro atoms. The molecule has 2 aromatic rings. The lowest BCUT2D eigenvalue weighted by Crippen LogP contribution is -2.24. The van der Waals surface area contributed by atoms with Crippen molar-refractivity contribution in [2.75, 3.05) is 13.7 Å². The number of halogens is 3. The molecule has 3 rings (SSSR count). The monoisotopic (exact) mass is 395 g/mol. The highest BCUT2D eigenvalue weighted by molar-refractivity contribution is 5.75. The predicted molar refractivity (Wildman–Crippen MR) is 99.6 cm³/mol. The van der Waals surface area contributed by atoms with Gasteiger partial charge in [0.1, 0.15) is 17.2 Å². The van der Waals surface area contributed by atoms with E-state index in [1.165, 1.54) is 12.7 Å². The largest absolute Gasteiger partial charge is 0.496 e. The van der Waals surface area contributed by atoms with Crippen molar-refractivity contribution in [2.45, 2.75) is 40.8 Å². The number of hydrogen-bond acceptors (Lipinski definition) is 4. The van der Waals surface area contributed by atoms with Crippen LogP contribution in [0.2, 0.25) is 0 Å². The Balaban J connectivity index is 2.09. The van der Waals surface area contributed by atoms with E-state index in [0.29, 0.717) is 17.9 Å². The zero-order valence-corrected chi connectivity index (χ0v) is 16.8. The van der Waals surface area contributed by atoms with Crippen LogP contribution < -0.4 is 4.74 Å². The first kappa shape index (κ1) is 20.3. The Morgan fingerprint density at radius 2 is 1.79 bits per heavy atom. The molecule has 0 atom stereocenters. The van der Waals surface area contributed by atoms with E-state index >= 15 is 0 Å². The molecule has 0 unspecified atom stereocenters. The van der Waals surface area contributed by atoms with Crippen LogP contribution in [0.5, 0.6) is 5.75 Å². The molecule has 0 saturated heterocycles. The van der Waals surface area contributed by atoms with Crippen LogP contribution in [0, 0.1) is 10.8 Å². The number of ether oxygens (including phenoxy) is 2. The zero-order valence-electron chi connectivity index (χ0n) is 16.8. The molecular formula is C21H24F3NO3. The summed E-state index contributed by atoms with van der Waals surface area (Å²) in [5.74, 6) is 0.0410. The maximum Gasteiger partial charge on any atom is 0.452 e. The van der Waals surface area contributed by atoms with Gasteiger partial charge in [0.05, 0.1) is 13.7 Å². The molecule has 4 nitrogen and oxygen atoms in total. The Hall–Kier alpha value is -2.44. The summed E-state index contributed by atoms with van der Waals surface area (Å²) >= 11 is 0. The van der Waals surface area contributed by atoms with Gasteiger partial charge in [-0.1, -0.05) is 45.8 Å². The van der Waals surface area contributed by atoms with Gasteiger partial charge in [0.15, 0.2) is 0 Å². The average molecular weight is 395 g/mol. The SMILES string of the molecule is COc1cc(C2=C(C(C)(C)C)C(C)(C)CO2)ccc1-c1cc(C(F)(F)F)on1.